The van der Waals surface area contributed by atoms with Gasteiger partial charge < -0.3 is 19.7 Å². The van der Waals surface area contributed by atoms with Crippen LogP contribution in [0, 0.1) is 0 Å². The lowest BCUT2D eigenvalue weighted by atomic mass is 9.92. The maximum atomic E-state index is 11.8. The summed E-state index contributed by atoms with van der Waals surface area (Å²) in [7, 11) is 0. The minimum atomic E-state index is -1.93. The topological polar surface area (TPSA) is 93.1 Å². The molecule has 0 aromatic rings. The molecule has 0 fully saturated rings. The number of aliphatic hydroxyl groups excluding tert-OH is 1. The molecule has 0 aliphatic rings. The van der Waals surface area contributed by atoms with Gasteiger partial charge in [-0.2, -0.15) is 0 Å². The molecule has 0 aliphatic carbocycles. The molecule has 2 N–H and O–H groups in total. The summed E-state index contributed by atoms with van der Waals surface area (Å²) in [4.78, 5) is 23.6. The van der Waals surface area contributed by atoms with Crippen LogP contribution in [0.5, 0.6) is 0 Å². The molecule has 0 unspecified atom stereocenters. The monoisotopic (exact) mass is 300 g/mol. The van der Waals surface area contributed by atoms with Gasteiger partial charge in [-0.25, -0.2) is 9.59 Å². The fourth-order valence-corrected chi connectivity index (χ4v) is 1.46. The van der Waals surface area contributed by atoms with Gasteiger partial charge in [-0.05, 0) is 34.1 Å². The molecule has 0 aliphatic heterocycles. The van der Waals surface area contributed by atoms with E-state index < -0.39 is 23.3 Å². The zero-order chi connectivity index (χ0) is 16.8. The summed E-state index contributed by atoms with van der Waals surface area (Å²) in [6.07, 6.45) is 0.0992. The third kappa shape index (κ3) is 5.32. The highest BCUT2D eigenvalue weighted by atomic mass is 16.7. The lowest BCUT2D eigenvalue weighted by Gasteiger charge is -2.41. The Bertz CT molecular complexity index is 402. The second-order valence-corrected chi connectivity index (χ2v) is 5.48. The number of hydrogen-bond acceptors (Lipinski definition) is 6. The van der Waals surface area contributed by atoms with Gasteiger partial charge in [0, 0.05) is 24.2 Å². The average Bonchev–Trinajstić information content (AvgIpc) is 2.33. The lowest BCUT2D eigenvalue weighted by molar-refractivity contribution is -0.285. The summed E-state index contributed by atoms with van der Waals surface area (Å²) < 4.78 is 10.4. The molecule has 0 saturated heterocycles. The number of ether oxygens (including phenoxy) is 2. The second-order valence-electron chi connectivity index (χ2n) is 5.48. The summed E-state index contributed by atoms with van der Waals surface area (Å²) in [6.45, 7) is 12.3. The Morgan fingerprint density at radius 2 is 1.43 bits per heavy atom. The molecule has 0 rings (SSSR count). The molecule has 6 nitrogen and oxygen atoms in total. The SMILES string of the molecule is C=C(C)C(=O)OC(CCCO)(OC(=O)C(=C)C)C(C)(C)O. The van der Waals surface area contributed by atoms with Gasteiger partial charge in [-0.1, -0.05) is 13.2 Å². The standard InChI is InChI=1S/C15H24O6/c1-10(2)12(17)20-15(8-7-9-16,14(5,6)19)21-13(18)11(3)4/h16,19H,1,3,7-9H2,2,4-6H3. The predicted octanol–water partition coefficient (Wildman–Crippen LogP) is 1.46. The van der Waals surface area contributed by atoms with Crippen LogP contribution in [-0.4, -0.2) is 40.1 Å². The fraction of sp³-hybridized carbons (Fsp3) is 0.600. The molecular formula is C15H24O6. The van der Waals surface area contributed by atoms with Gasteiger partial charge in [0.15, 0.2) is 0 Å². The van der Waals surface area contributed by atoms with Gasteiger partial charge >= 0.3 is 11.9 Å². The molecular weight excluding hydrogens is 276 g/mol. The van der Waals surface area contributed by atoms with E-state index in [1.165, 1.54) is 27.7 Å². The highest BCUT2D eigenvalue weighted by Crippen LogP contribution is 2.34. The van der Waals surface area contributed by atoms with E-state index in [-0.39, 0.29) is 30.6 Å². The highest BCUT2D eigenvalue weighted by Gasteiger charge is 2.51. The lowest BCUT2D eigenvalue weighted by Crippen LogP contribution is -2.56. The highest BCUT2D eigenvalue weighted by molar-refractivity contribution is 5.89. The summed E-state index contributed by atoms with van der Waals surface area (Å²) in [6, 6.07) is 0. The largest absolute Gasteiger partial charge is 0.416 e. The maximum Gasteiger partial charge on any atom is 0.336 e. The van der Waals surface area contributed by atoms with Crippen molar-refractivity contribution in [3.8, 4) is 0 Å². The van der Waals surface area contributed by atoms with E-state index in [4.69, 9.17) is 14.6 Å². The molecule has 0 bridgehead atoms. The van der Waals surface area contributed by atoms with Crippen molar-refractivity contribution in [1.82, 2.24) is 0 Å². The van der Waals surface area contributed by atoms with E-state index in [0.717, 1.165) is 0 Å². The third-order valence-corrected chi connectivity index (χ3v) is 2.81. The van der Waals surface area contributed by atoms with Crippen molar-refractivity contribution in [2.45, 2.75) is 51.9 Å². The van der Waals surface area contributed by atoms with Gasteiger partial charge in [0.05, 0.1) is 0 Å². The maximum absolute atomic E-state index is 11.8. The first-order chi connectivity index (χ1) is 9.47. The molecule has 0 aromatic carbocycles. The normalized spacial score (nSPS) is 11.7. The van der Waals surface area contributed by atoms with Crippen molar-refractivity contribution in [2.24, 2.45) is 0 Å². The Balaban J connectivity index is 5.62. The number of hydrogen-bond donors (Lipinski definition) is 2. The van der Waals surface area contributed by atoms with Crippen LogP contribution in [0.3, 0.4) is 0 Å². The van der Waals surface area contributed by atoms with Crippen LogP contribution in [0.15, 0.2) is 24.3 Å². The van der Waals surface area contributed by atoms with E-state index in [1.807, 2.05) is 0 Å². The number of aliphatic hydroxyl groups is 2. The zero-order valence-electron chi connectivity index (χ0n) is 13.1. The van der Waals surface area contributed by atoms with Gasteiger partial charge in [-0.3, -0.25) is 0 Å². The summed E-state index contributed by atoms with van der Waals surface area (Å²) in [5, 5.41) is 19.3. The predicted molar refractivity (Wildman–Crippen MR) is 77.2 cm³/mol. The zero-order valence-corrected chi connectivity index (χ0v) is 13.1. The molecule has 6 heteroatoms. The van der Waals surface area contributed by atoms with Gasteiger partial charge in [-0.15, -0.1) is 0 Å². The van der Waals surface area contributed by atoms with Crippen molar-refractivity contribution < 1.29 is 29.3 Å². The molecule has 0 aromatic heterocycles. The van der Waals surface area contributed by atoms with Crippen LogP contribution < -0.4 is 0 Å². The quantitative estimate of drug-likeness (QED) is 0.400. The van der Waals surface area contributed by atoms with E-state index in [2.05, 4.69) is 13.2 Å². The molecule has 0 saturated carbocycles. The molecule has 0 radical (unpaired) electrons. The summed E-state index contributed by atoms with van der Waals surface area (Å²) in [5.74, 6) is -3.53. The number of carbonyl (C=O) groups is 2. The van der Waals surface area contributed by atoms with Crippen molar-refractivity contribution in [2.75, 3.05) is 6.61 Å². The Hall–Kier alpha value is -1.66. The molecule has 0 amide bonds. The first kappa shape index (κ1) is 19.3. The van der Waals surface area contributed by atoms with Gasteiger partial charge in [0.2, 0.25) is 0 Å². The molecule has 120 valence electrons. The van der Waals surface area contributed by atoms with Gasteiger partial charge in [0.1, 0.15) is 5.60 Å². The third-order valence-electron chi connectivity index (χ3n) is 2.81. The van der Waals surface area contributed by atoms with Crippen LogP contribution in [0.2, 0.25) is 0 Å². The molecule has 0 spiro atoms. The van der Waals surface area contributed by atoms with Crippen LogP contribution in [0.1, 0.15) is 40.5 Å². The minimum absolute atomic E-state index is 0.0644. The summed E-state index contributed by atoms with van der Waals surface area (Å²) in [5.41, 5.74) is -1.49. The van der Waals surface area contributed by atoms with Crippen LogP contribution in [-0.2, 0) is 19.1 Å². The second kappa shape index (κ2) is 7.38. The van der Waals surface area contributed by atoms with Crippen molar-refractivity contribution in [3.05, 3.63) is 24.3 Å². The van der Waals surface area contributed by atoms with Gasteiger partial charge in [0.25, 0.3) is 5.79 Å². The molecule has 21 heavy (non-hydrogen) atoms. The number of carbonyl (C=O) groups excluding carboxylic acids is 2. The number of esters is 2. The number of rotatable bonds is 8. The molecule has 0 atom stereocenters. The average molecular weight is 300 g/mol. The molecule has 0 heterocycles. The van der Waals surface area contributed by atoms with Crippen molar-refractivity contribution in [3.63, 3.8) is 0 Å². The van der Waals surface area contributed by atoms with E-state index in [0.29, 0.717) is 0 Å². The van der Waals surface area contributed by atoms with E-state index in [1.54, 1.807) is 0 Å². The van der Waals surface area contributed by atoms with Crippen LogP contribution in [0.25, 0.3) is 0 Å². The Morgan fingerprint density at radius 1 is 1.05 bits per heavy atom. The first-order valence-corrected chi connectivity index (χ1v) is 6.58. The van der Waals surface area contributed by atoms with Crippen LogP contribution >= 0.6 is 0 Å². The smallest absolute Gasteiger partial charge is 0.336 e. The Morgan fingerprint density at radius 3 is 1.67 bits per heavy atom. The van der Waals surface area contributed by atoms with Crippen molar-refractivity contribution >= 4 is 11.9 Å². The summed E-state index contributed by atoms with van der Waals surface area (Å²) >= 11 is 0. The van der Waals surface area contributed by atoms with Crippen molar-refractivity contribution in [1.29, 1.82) is 0 Å². The first-order valence-electron chi connectivity index (χ1n) is 6.58. The Labute approximate surface area is 125 Å². The Kier molecular flexibility index (Phi) is 6.79. The fourth-order valence-electron chi connectivity index (χ4n) is 1.46. The minimum Gasteiger partial charge on any atom is -0.416 e. The van der Waals surface area contributed by atoms with E-state index in [9.17, 15) is 14.7 Å². The van der Waals surface area contributed by atoms with Crippen LogP contribution in [0.4, 0.5) is 0 Å². The van der Waals surface area contributed by atoms with E-state index >= 15 is 0 Å².